The molecule has 0 spiro atoms. The van der Waals surface area contributed by atoms with E-state index in [1.54, 1.807) is 0 Å². The molecular formula is C5H7N3O2S. The molecule has 0 aromatic carbocycles. The maximum atomic E-state index is 10.7. The van der Waals surface area contributed by atoms with E-state index in [1.165, 1.54) is 18.4 Å². The van der Waals surface area contributed by atoms with E-state index >= 15 is 0 Å². The minimum atomic E-state index is -3.63. The number of primary sulfonamides is 1. The molecule has 1 heterocycles. The number of hydrogen-bond donors (Lipinski definition) is 2. The minimum Gasteiger partial charge on any atom is -0.286 e. The predicted molar refractivity (Wildman–Crippen MR) is 42.0 cm³/mol. The molecule has 0 atom stereocenters. The largest absolute Gasteiger partial charge is 0.286 e. The monoisotopic (exact) mass is 173 g/mol. The third kappa shape index (κ3) is 2.17. The number of nitrogens with zero attached hydrogens (tertiary/aromatic N) is 1. The summed E-state index contributed by atoms with van der Waals surface area (Å²) >= 11 is 0. The van der Waals surface area contributed by atoms with Gasteiger partial charge in [-0.25, -0.2) is 13.6 Å². The number of hydrogen-bond acceptors (Lipinski definition) is 4. The molecule has 0 amide bonds. The molecule has 11 heavy (non-hydrogen) atoms. The summed E-state index contributed by atoms with van der Waals surface area (Å²) in [4.78, 5) is -0.0150. The lowest BCUT2D eigenvalue weighted by Gasteiger charge is -1.92. The lowest BCUT2D eigenvalue weighted by Crippen LogP contribution is -2.15. The van der Waals surface area contributed by atoms with Gasteiger partial charge in [0.05, 0.1) is 6.21 Å². The summed E-state index contributed by atoms with van der Waals surface area (Å²) in [6.45, 7) is 0. The van der Waals surface area contributed by atoms with Crippen molar-refractivity contribution < 1.29 is 8.42 Å². The molecule has 0 saturated carbocycles. The van der Waals surface area contributed by atoms with Crippen molar-refractivity contribution in [1.82, 2.24) is 5.43 Å². The average Bonchev–Trinajstić information content (AvgIpc) is 2.10. The van der Waals surface area contributed by atoms with Crippen LogP contribution in [0.1, 0.15) is 0 Å². The molecule has 0 aromatic rings. The summed E-state index contributed by atoms with van der Waals surface area (Å²) < 4.78 is 21.4. The zero-order chi connectivity index (χ0) is 8.32. The van der Waals surface area contributed by atoms with Crippen LogP contribution in [-0.2, 0) is 10.0 Å². The van der Waals surface area contributed by atoms with Gasteiger partial charge in [-0.2, -0.15) is 5.10 Å². The van der Waals surface area contributed by atoms with E-state index in [-0.39, 0.29) is 4.91 Å². The Bertz CT molecular complexity index is 326. The van der Waals surface area contributed by atoms with Crippen LogP contribution in [0.15, 0.2) is 28.4 Å². The molecule has 1 aliphatic rings. The highest BCUT2D eigenvalue weighted by atomic mass is 32.2. The number of rotatable bonds is 1. The second kappa shape index (κ2) is 2.85. The van der Waals surface area contributed by atoms with Gasteiger partial charge >= 0.3 is 0 Å². The third-order valence-electron chi connectivity index (χ3n) is 1.03. The van der Waals surface area contributed by atoms with Crippen LogP contribution < -0.4 is 10.6 Å². The maximum absolute atomic E-state index is 10.7. The first-order valence-corrected chi connectivity index (χ1v) is 4.33. The molecule has 60 valence electrons. The maximum Gasteiger partial charge on any atom is 0.239 e. The summed E-state index contributed by atoms with van der Waals surface area (Å²) in [5, 5.41) is 8.36. The Hall–Kier alpha value is -1.14. The summed E-state index contributed by atoms with van der Waals surface area (Å²) in [6, 6.07) is 0. The summed E-state index contributed by atoms with van der Waals surface area (Å²) in [5.41, 5.74) is 2.47. The van der Waals surface area contributed by atoms with Crippen LogP contribution in [0.25, 0.3) is 0 Å². The molecule has 6 heteroatoms. The molecule has 0 bridgehead atoms. The van der Waals surface area contributed by atoms with Crippen molar-refractivity contribution in [3.63, 3.8) is 0 Å². The normalized spacial score (nSPS) is 17.0. The van der Waals surface area contributed by atoms with Crippen LogP contribution in [-0.4, -0.2) is 14.6 Å². The van der Waals surface area contributed by atoms with Crippen molar-refractivity contribution in [2.45, 2.75) is 0 Å². The van der Waals surface area contributed by atoms with Crippen LogP contribution in [0, 0.1) is 0 Å². The Kier molecular flexibility index (Phi) is 2.06. The molecule has 5 nitrogen and oxygen atoms in total. The SMILES string of the molecule is NS(=O)(=O)C1=CC=CNN=C1. The molecule has 0 saturated heterocycles. The van der Waals surface area contributed by atoms with E-state index in [0.717, 1.165) is 6.21 Å². The van der Waals surface area contributed by atoms with Gasteiger partial charge in [0.2, 0.25) is 10.0 Å². The Morgan fingerprint density at radius 1 is 1.55 bits per heavy atom. The van der Waals surface area contributed by atoms with Gasteiger partial charge in [0.25, 0.3) is 0 Å². The fraction of sp³-hybridized carbons (Fsp3) is 0. The number of nitrogens with two attached hydrogens (primary N) is 1. The van der Waals surface area contributed by atoms with Crippen LogP contribution >= 0.6 is 0 Å². The highest BCUT2D eigenvalue weighted by Crippen LogP contribution is 1.99. The molecular weight excluding hydrogens is 166 g/mol. The number of allylic oxidation sites excluding steroid dienone is 3. The lowest BCUT2D eigenvalue weighted by atomic mass is 10.5. The fourth-order valence-corrected chi connectivity index (χ4v) is 1.01. The Morgan fingerprint density at radius 3 is 2.91 bits per heavy atom. The molecule has 0 radical (unpaired) electrons. The van der Waals surface area contributed by atoms with Crippen molar-refractivity contribution in [2.24, 2.45) is 10.2 Å². The first-order chi connectivity index (χ1) is 5.11. The molecule has 1 aliphatic heterocycles. The van der Waals surface area contributed by atoms with Crippen LogP contribution in [0.3, 0.4) is 0 Å². The lowest BCUT2D eigenvalue weighted by molar-refractivity contribution is 0.605. The van der Waals surface area contributed by atoms with E-state index in [4.69, 9.17) is 5.14 Å². The molecule has 0 aromatic heterocycles. The van der Waals surface area contributed by atoms with Gasteiger partial charge in [-0.15, -0.1) is 0 Å². The first kappa shape index (κ1) is 7.96. The summed E-state index contributed by atoms with van der Waals surface area (Å²) in [5.74, 6) is 0. The highest BCUT2D eigenvalue weighted by molar-refractivity contribution is 7.93. The number of nitrogens with one attached hydrogen (secondary N) is 1. The Morgan fingerprint density at radius 2 is 2.27 bits per heavy atom. The van der Waals surface area contributed by atoms with Gasteiger partial charge < -0.3 is 0 Å². The molecule has 3 N–H and O–H groups in total. The smallest absolute Gasteiger partial charge is 0.239 e. The van der Waals surface area contributed by atoms with Crippen molar-refractivity contribution in [1.29, 1.82) is 0 Å². The Labute approximate surface area is 64.3 Å². The van der Waals surface area contributed by atoms with Crippen LogP contribution in [0.4, 0.5) is 0 Å². The standard InChI is InChI=1S/C5H7N3O2S/c6-11(9,10)5-2-1-3-7-8-4-5/h1-4,7H,(H2,6,9,10). The summed E-state index contributed by atoms with van der Waals surface area (Å²) in [7, 11) is -3.63. The van der Waals surface area contributed by atoms with Crippen molar-refractivity contribution in [2.75, 3.05) is 0 Å². The van der Waals surface area contributed by atoms with Gasteiger partial charge in [0.15, 0.2) is 0 Å². The van der Waals surface area contributed by atoms with Crippen molar-refractivity contribution in [3.05, 3.63) is 23.3 Å². The Balaban J connectivity index is 3.05. The van der Waals surface area contributed by atoms with Crippen molar-refractivity contribution >= 4 is 16.2 Å². The van der Waals surface area contributed by atoms with Crippen molar-refractivity contribution in [3.8, 4) is 0 Å². The second-order valence-electron chi connectivity index (χ2n) is 1.86. The second-order valence-corrected chi connectivity index (χ2v) is 3.42. The first-order valence-electron chi connectivity index (χ1n) is 2.79. The van der Waals surface area contributed by atoms with Gasteiger partial charge in [-0.1, -0.05) is 0 Å². The van der Waals surface area contributed by atoms with E-state index in [0.29, 0.717) is 0 Å². The average molecular weight is 173 g/mol. The highest BCUT2D eigenvalue weighted by Gasteiger charge is 2.08. The van der Waals surface area contributed by atoms with Crippen LogP contribution in [0.5, 0.6) is 0 Å². The zero-order valence-corrected chi connectivity index (χ0v) is 6.38. The topological polar surface area (TPSA) is 84.5 Å². The van der Waals surface area contributed by atoms with E-state index in [2.05, 4.69) is 10.5 Å². The predicted octanol–water partition coefficient (Wildman–Crippen LogP) is -0.738. The molecule has 0 unspecified atom stereocenters. The van der Waals surface area contributed by atoms with Crippen LogP contribution in [0.2, 0.25) is 0 Å². The van der Waals surface area contributed by atoms with Gasteiger partial charge in [-0.3, -0.25) is 5.43 Å². The van der Waals surface area contributed by atoms with E-state index < -0.39 is 10.0 Å². The minimum absolute atomic E-state index is 0.0150. The number of hydrazone groups is 1. The van der Waals surface area contributed by atoms with Gasteiger partial charge in [0.1, 0.15) is 4.91 Å². The van der Waals surface area contributed by atoms with E-state index in [1.807, 2.05) is 0 Å². The molecule has 1 rings (SSSR count). The van der Waals surface area contributed by atoms with E-state index in [9.17, 15) is 8.42 Å². The zero-order valence-electron chi connectivity index (χ0n) is 5.56. The van der Waals surface area contributed by atoms with Gasteiger partial charge in [-0.05, 0) is 12.2 Å². The number of sulfonamides is 1. The third-order valence-corrected chi connectivity index (χ3v) is 1.92. The quantitative estimate of drug-likeness (QED) is 0.547. The fourth-order valence-electron chi connectivity index (χ4n) is 0.541. The summed E-state index contributed by atoms with van der Waals surface area (Å²) in [6.07, 6.45) is 5.51. The molecule has 0 fully saturated rings. The molecule has 0 aliphatic carbocycles. The van der Waals surface area contributed by atoms with Gasteiger partial charge in [0, 0.05) is 6.20 Å².